The molecular formula is C13H13N. The van der Waals surface area contributed by atoms with Crippen LogP contribution in [0.15, 0.2) is 24.3 Å². The largest absolute Gasteiger partial charge is 0.192 e. The molecule has 0 amide bonds. The number of aryl methyl sites for hydroxylation is 1. The van der Waals surface area contributed by atoms with Crippen LogP contribution in [0.3, 0.4) is 0 Å². The smallest absolute Gasteiger partial charge is 0.0994 e. The molecule has 1 atom stereocenters. The third-order valence-electron chi connectivity index (χ3n) is 2.84. The van der Waals surface area contributed by atoms with Gasteiger partial charge in [0.25, 0.3) is 0 Å². The average Bonchev–Trinajstić information content (AvgIpc) is 2.55. The molecule has 0 aromatic heterocycles. The first-order chi connectivity index (χ1) is 6.76. The van der Waals surface area contributed by atoms with Crippen LogP contribution >= 0.6 is 0 Å². The summed E-state index contributed by atoms with van der Waals surface area (Å²) in [5.41, 5.74) is 4.57. The highest BCUT2D eigenvalue weighted by Gasteiger charge is 2.19. The number of fused-ring (bicyclic) bond motifs is 1. The molecular weight excluding hydrogens is 170 g/mol. The first kappa shape index (κ1) is 9.02. The van der Waals surface area contributed by atoms with Crippen LogP contribution in [0.5, 0.6) is 0 Å². The first-order valence-corrected chi connectivity index (χ1v) is 5.01. The van der Waals surface area contributed by atoms with Gasteiger partial charge in [-0.3, -0.25) is 0 Å². The lowest BCUT2D eigenvalue weighted by atomic mass is 9.98. The van der Waals surface area contributed by atoms with Gasteiger partial charge < -0.3 is 0 Å². The van der Waals surface area contributed by atoms with Crippen LogP contribution in [0, 0.1) is 11.3 Å². The third kappa shape index (κ3) is 1.24. The fourth-order valence-electron chi connectivity index (χ4n) is 1.98. The predicted octanol–water partition coefficient (Wildman–Crippen LogP) is 3.27. The number of nitriles is 1. The van der Waals surface area contributed by atoms with Gasteiger partial charge in [-0.2, -0.15) is 5.26 Å². The molecule has 1 aliphatic carbocycles. The van der Waals surface area contributed by atoms with Crippen molar-refractivity contribution in [3.05, 3.63) is 41.0 Å². The maximum Gasteiger partial charge on any atom is 0.0994 e. The van der Waals surface area contributed by atoms with Crippen molar-refractivity contribution < 1.29 is 0 Å². The van der Waals surface area contributed by atoms with E-state index >= 15 is 0 Å². The number of hydrogen-bond acceptors (Lipinski definition) is 1. The maximum atomic E-state index is 8.98. The third-order valence-corrected chi connectivity index (χ3v) is 2.84. The lowest BCUT2D eigenvalue weighted by Gasteiger charge is -2.06. The lowest BCUT2D eigenvalue weighted by molar-refractivity contribution is 0.985. The van der Waals surface area contributed by atoms with E-state index in [1.165, 1.54) is 11.1 Å². The van der Waals surface area contributed by atoms with E-state index in [9.17, 15) is 0 Å². The zero-order chi connectivity index (χ0) is 10.1. The molecule has 0 spiro atoms. The van der Waals surface area contributed by atoms with Gasteiger partial charge in [-0.1, -0.05) is 38.1 Å². The average molecular weight is 183 g/mol. The summed E-state index contributed by atoms with van der Waals surface area (Å²) in [5.74, 6) is 0.394. The minimum atomic E-state index is 0.394. The molecule has 1 aliphatic rings. The number of nitrogens with zero attached hydrogens (tertiary/aromatic N) is 1. The Hall–Kier alpha value is -1.55. The highest BCUT2D eigenvalue weighted by molar-refractivity contribution is 5.83. The lowest BCUT2D eigenvalue weighted by Crippen LogP contribution is -1.90. The molecule has 14 heavy (non-hydrogen) atoms. The Morgan fingerprint density at radius 2 is 2.21 bits per heavy atom. The topological polar surface area (TPSA) is 23.8 Å². The minimum Gasteiger partial charge on any atom is -0.192 e. The molecule has 0 heterocycles. The van der Waals surface area contributed by atoms with Crippen molar-refractivity contribution in [2.24, 2.45) is 0 Å². The summed E-state index contributed by atoms with van der Waals surface area (Å²) in [5, 5.41) is 8.98. The van der Waals surface area contributed by atoms with E-state index in [1.807, 2.05) is 6.08 Å². The summed E-state index contributed by atoms with van der Waals surface area (Å²) in [7, 11) is 0. The molecule has 0 radical (unpaired) electrons. The number of hydrogen-bond donors (Lipinski definition) is 0. The summed E-state index contributed by atoms with van der Waals surface area (Å²) in [6.45, 7) is 4.27. The minimum absolute atomic E-state index is 0.394. The van der Waals surface area contributed by atoms with Crippen LogP contribution in [0.25, 0.3) is 5.57 Å². The molecule has 0 saturated heterocycles. The number of benzene rings is 1. The molecule has 1 unspecified atom stereocenters. The van der Waals surface area contributed by atoms with Crippen LogP contribution in [0.4, 0.5) is 0 Å². The van der Waals surface area contributed by atoms with Crippen LogP contribution in [0.1, 0.15) is 36.5 Å². The van der Waals surface area contributed by atoms with E-state index in [2.05, 4.69) is 38.1 Å². The monoisotopic (exact) mass is 183 g/mol. The number of rotatable bonds is 1. The summed E-state index contributed by atoms with van der Waals surface area (Å²) in [4.78, 5) is 0. The predicted molar refractivity (Wildman–Crippen MR) is 57.8 cm³/mol. The summed E-state index contributed by atoms with van der Waals surface area (Å²) in [6.07, 6.45) is 3.07. The molecule has 0 N–H and O–H groups in total. The van der Waals surface area contributed by atoms with Gasteiger partial charge in [-0.05, 0) is 23.1 Å². The normalized spacial score (nSPS) is 18.6. The van der Waals surface area contributed by atoms with Crippen molar-refractivity contribution in [2.75, 3.05) is 0 Å². The zero-order valence-corrected chi connectivity index (χ0v) is 8.54. The van der Waals surface area contributed by atoms with Gasteiger partial charge in [0.2, 0.25) is 0 Å². The van der Waals surface area contributed by atoms with Crippen molar-refractivity contribution in [2.45, 2.75) is 26.2 Å². The van der Waals surface area contributed by atoms with Gasteiger partial charge in [0, 0.05) is 5.92 Å². The van der Waals surface area contributed by atoms with Crippen LogP contribution in [-0.4, -0.2) is 0 Å². The van der Waals surface area contributed by atoms with Crippen molar-refractivity contribution in [1.29, 1.82) is 5.26 Å². The second-order valence-electron chi connectivity index (χ2n) is 3.76. The van der Waals surface area contributed by atoms with Crippen molar-refractivity contribution in [1.82, 2.24) is 0 Å². The quantitative estimate of drug-likeness (QED) is 0.655. The highest BCUT2D eigenvalue weighted by Crippen LogP contribution is 2.35. The van der Waals surface area contributed by atoms with Gasteiger partial charge in [0.15, 0.2) is 0 Å². The van der Waals surface area contributed by atoms with Crippen LogP contribution in [-0.2, 0) is 6.42 Å². The Bertz CT molecular complexity index is 435. The van der Waals surface area contributed by atoms with E-state index in [0.29, 0.717) is 5.92 Å². The Morgan fingerprint density at radius 1 is 1.43 bits per heavy atom. The molecule has 1 nitrogen and oxygen atoms in total. The molecule has 70 valence electrons. The van der Waals surface area contributed by atoms with E-state index in [1.54, 1.807) is 0 Å². The van der Waals surface area contributed by atoms with E-state index in [4.69, 9.17) is 5.26 Å². The molecule has 2 rings (SSSR count). The van der Waals surface area contributed by atoms with Gasteiger partial charge in [-0.15, -0.1) is 0 Å². The zero-order valence-electron chi connectivity index (χ0n) is 8.54. The molecule has 0 aliphatic heterocycles. The molecule has 1 heteroatoms. The molecule has 0 saturated carbocycles. The fraction of sp³-hybridized carbons (Fsp3) is 0.308. The Labute approximate surface area is 84.7 Å². The Kier molecular flexibility index (Phi) is 2.13. The Morgan fingerprint density at radius 3 is 2.86 bits per heavy atom. The second kappa shape index (κ2) is 3.31. The molecule has 0 fully saturated rings. The fourth-order valence-corrected chi connectivity index (χ4v) is 1.98. The van der Waals surface area contributed by atoms with Crippen molar-refractivity contribution in [3.8, 4) is 6.07 Å². The Balaban J connectivity index is 2.56. The van der Waals surface area contributed by atoms with Crippen LogP contribution in [0.2, 0.25) is 0 Å². The molecule has 0 bridgehead atoms. The first-order valence-electron chi connectivity index (χ1n) is 5.01. The summed E-state index contributed by atoms with van der Waals surface area (Å²) < 4.78 is 0. The number of allylic oxidation sites excluding steroid dienone is 2. The maximum absolute atomic E-state index is 8.98. The highest BCUT2D eigenvalue weighted by atomic mass is 14.3. The molecule has 1 aromatic carbocycles. The van der Waals surface area contributed by atoms with E-state index in [-0.39, 0.29) is 0 Å². The summed E-state index contributed by atoms with van der Waals surface area (Å²) in [6, 6.07) is 8.72. The van der Waals surface area contributed by atoms with Crippen LogP contribution < -0.4 is 0 Å². The van der Waals surface area contributed by atoms with Crippen molar-refractivity contribution >= 4 is 5.57 Å². The van der Waals surface area contributed by atoms with Gasteiger partial charge in [-0.25, -0.2) is 0 Å². The van der Waals surface area contributed by atoms with Gasteiger partial charge >= 0.3 is 0 Å². The van der Waals surface area contributed by atoms with Gasteiger partial charge in [0.05, 0.1) is 11.6 Å². The van der Waals surface area contributed by atoms with Crippen molar-refractivity contribution in [3.63, 3.8) is 0 Å². The van der Waals surface area contributed by atoms with E-state index in [0.717, 1.165) is 17.6 Å². The molecule has 1 aromatic rings. The summed E-state index contributed by atoms with van der Waals surface area (Å²) >= 11 is 0. The second-order valence-corrected chi connectivity index (χ2v) is 3.76. The van der Waals surface area contributed by atoms with Gasteiger partial charge in [0.1, 0.15) is 0 Å². The SMILES string of the molecule is CCc1ccc2c(c1)C(C#N)=CC2C. The standard InChI is InChI=1S/C13H13N/c1-3-10-4-5-12-9(2)6-11(8-14)13(12)7-10/h4-7,9H,3H2,1-2H3. The van der Waals surface area contributed by atoms with E-state index < -0.39 is 0 Å².